The van der Waals surface area contributed by atoms with Crippen molar-refractivity contribution in [3.8, 4) is 11.1 Å². The van der Waals surface area contributed by atoms with Gasteiger partial charge >= 0.3 is 12.1 Å². The lowest BCUT2D eigenvalue weighted by atomic mass is 9.98. The summed E-state index contributed by atoms with van der Waals surface area (Å²) in [5, 5.41) is 10.4. The van der Waals surface area contributed by atoms with Crippen LogP contribution in [-0.2, 0) is 16.0 Å². The smallest absolute Gasteiger partial charge is 0.410 e. The summed E-state index contributed by atoms with van der Waals surface area (Å²) in [7, 11) is 1.41. The quantitative estimate of drug-likeness (QED) is 0.417. The molecular weight excluding hydrogens is 435 g/mol. The largest absolute Gasteiger partial charge is 0.480 e. The van der Waals surface area contributed by atoms with E-state index in [0.717, 1.165) is 27.2 Å². The molecule has 3 aromatic carbocycles. The lowest BCUT2D eigenvalue weighted by molar-refractivity contribution is -0.142. The second-order valence-electron chi connectivity index (χ2n) is 8.48. The lowest BCUT2D eigenvalue weighted by Crippen LogP contribution is -2.44. The Morgan fingerprint density at radius 1 is 1.06 bits per heavy atom. The van der Waals surface area contributed by atoms with Gasteiger partial charge in [0.1, 0.15) is 18.5 Å². The van der Waals surface area contributed by atoms with E-state index in [4.69, 9.17) is 4.74 Å². The number of aromatic nitrogens is 1. The number of aliphatic carboxylic acids is 1. The van der Waals surface area contributed by atoms with Crippen LogP contribution in [0.4, 0.5) is 9.18 Å². The number of ether oxygens (including phenoxy) is 1. The summed E-state index contributed by atoms with van der Waals surface area (Å²) in [5.74, 6) is -1.70. The molecule has 0 saturated carbocycles. The predicted molar refractivity (Wildman–Crippen MR) is 126 cm³/mol. The van der Waals surface area contributed by atoms with E-state index in [1.165, 1.54) is 19.2 Å². The number of halogens is 1. The van der Waals surface area contributed by atoms with E-state index in [2.05, 4.69) is 4.98 Å². The van der Waals surface area contributed by atoms with Crippen LogP contribution in [0, 0.1) is 5.82 Å². The number of carboxylic acids is 1. The Labute approximate surface area is 195 Å². The number of benzene rings is 3. The molecule has 1 amide bonds. The van der Waals surface area contributed by atoms with E-state index in [-0.39, 0.29) is 18.9 Å². The molecule has 5 rings (SSSR count). The minimum atomic E-state index is -1.17. The molecule has 1 atom stereocenters. The Kier molecular flexibility index (Phi) is 5.53. The van der Waals surface area contributed by atoms with Crippen molar-refractivity contribution in [2.45, 2.75) is 18.4 Å². The summed E-state index contributed by atoms with van der Waals surface area (Å²) in [6.07, 6.45) is 0.936. The molecule has 0 spiro atoms. The highest BCUT2D eigenvalue weighted by Gasteiger charge is 2.32. The van der Waals surface area contributed by atoms with Crippen LogP contribution in [0.25, 0.3) is 22.0 Å². The van der Waals surface area contributed by atoms with Crippen LogP contribution < -0.4 is 0 Å². The SMILES string of the molecule is CN(C(=O)OCC1c2ccccc2-c2ccccc21)[C@@H](Cc1c[nH]c2ccc(F)cc12)C(=O)O. The summed E-state index contributed by atoms with van der Waals surface area (Å²) in [5.41, 5.74) is 5.69. The zero-order chi connectivity index (χ0) is 23.8. The van der Waals surface area contributed by atoms with Gasteiger partial charge in [0, 0.05) is 36.5 Å². The number of carbonyl (C=O) groups is 2. The molecule has 0 aliphatic heterocycles. The molecule has 1 heterocycles. The average Bonchev–Trinajstić information content (AvgIpc) is 3.38. The number of hydrogen-bond donors (Lipinski definition) is 2. The number of amides is 1. The Morgan fingerprint density at radius 3 is 2.35 bits per heavy atom. The highest BCUT2D eigenvalue weighted by Crippen LogP contribution is 2.44. The molecule has 172 valence electrons. The maximum absolute atomic E-state index is 13.7. The number of H-pyrrole nitrogens is 1. The van der Waals surface area contributed by atoms with Crippen LogP contribution in [0.5, 0.6) is 0 Å². The van der Waals surface area contributed by atoms with Gasteiger partial charge in [-0.1, -0.05) is 48.5 Å². The van der Waals surface area contributed by atoms with Gasteiger partial charge in [0.15, 0.2) is 0 Å². The van der Waals surface area contributed by atoms with Crippen molar-refractivity contribution in [2.75, 3.05) is 13.7 Å². The second-order valence-corrected chi connectivity index (χ2v) is 8.48. The Balaban J connectivity index is 1.33. The zero-order valence-electron chi connectivity index (χ0n) is 18.5. The van der Waals surface area contributed by atoms with Gasteiger partial charge in [0.25, 0.3) is 0 Å². The molecule has 0 saturated heterocycles. The predicted octanol–water partition coefficient (Wildman–Crippen LogP) is 5.18. The van der Waals surface area contributed by atoms with Crippen molar-refractivity contribution in [2.24, 2.45) is 0 Å². The molecule has 34 heavy (non-hydrogen) atoms. The highest BCUT2D eigenvalue weighted by atomic mass is 19.1. The fraction of sp³-hybridized carbons (Fsp3) is 0.185. The van der Waals surface area contributed by atoms with Crippen LogP contribution in [-0.4, -0.2) is 46.7 Å². The first-order valence-corrected chi connectivity index (χ1v) is 11.0. The summed E-state index contributed by atoms with van der Waals surface area (Å²) in [4.78, 5) is 29.0. The van der Waals surface area contributed by atoms with Gasteiger partial charge in [0.2, 0.25) is 0 Å². The number of hydrogen-bond acceptors (Lipinski definition) is 3. The normalized spacial score (nSPS) is 13.4. The molecular formula is C27H23FN2O4. The van der Waals surface area contributed by atoms with Crippen LogP contribution >= 0.6 is 0 Å². The maximum atomic E-state index is 13.7. The van der Waals surface area contributed by atoms with Crippen molar-refractivity contribution in [3.05, 3.63) is 95.4 Å². The van der Waals surface area contributed by atoms with E-state index < -0.39 is 23.9 Å². The summed E-state index contributed by atoms with van der Waals surface area (Å²) >= 11 is 0. The minimum absolute atomic E-state index is 0.0134. The van der Waals surface area contributed by atoms with Crippen molar-refractivity contribution >= 4 is 23.0 Å². The zero-order valence-corrected chi connectivity index (χ0v) is 18.5. The van der Waals surface area contributed by atoms with Gasteiger partial charge in [-0.3, -0.25) is 4.90 Å². The third kappa shape index (κ3) is 3.79. The number of aromatic amines is 1. The van der Waals surface area contributed by atoms with Crippen LogP contribution in [0.3, 0.4) is 0 Å². The highest BCUT2D eigenvalue weighted by molar-refractivity contribution is 5.86. The van der Waals surface area contributed by atoms with E-state index in [0.29, 0.717) is 16.5 Å². The molecule has 6 nitrogen and oxygen atoms in total. The maximum Gasteiger partial charge on any atom is 0.410 e. The summed E-state index contributed by atoms with van der Waals surface area (Å²) < 4.78 is 19.3. The molecule has 4 aromatic rings. The van der Waals surface area contributed by atoms with Crippen LogP contribution in [0.1, 0.15) is 22.6 Å². The standard InChI is InChI=1S/C27H23FN2O4/c1-30(25(26(31)32)12-16-14-29-24-11-10-17(28)13-22(16)24)27(33)34-15-23-20-8-4-2-6-18(20)19-7-3-5-9-21(19)23/h2-11,13-14,23,25,29H,12,15H2,1H3,(H,31,32)/t25-/m0/s1. The molecule has 1 aliphatic rings. The number of fused-ring (bicyclic) bond motifs is 4. The summed E-state index contributed by atoms with van der Waals surface area (Å²) in [6, 6.07) is 19.1. The first-order chi connectivity index (χ1) is 16.4. The van der Waals surface area contributed by atoms with Gasteiger partial charge < -0.3 is 14.8 Å². The minimum Gasteiger partial charge on any atom is -0.480 e. The monoisotopic (exact) mass is 458 g/mol. The number of nitrogens with one attached hydrogen (secondary N) is 1. The number of nitrogens with zero attached hydrogens (tertiary/aromatic N) is 1. The van der Waals surface area contributed by atoms with Gasteiger partial charge in [-0.2, -0.15) is 0 Å². The van der Waals surface area contributed by atoms with Crippen molar-refractivity contribution in [3.63, 3.8) is 0 Å². The van der Waals surface area contributed by atoms with Crippen LogP contribution in [0.2, 0.25) is 0 Å². The van der Waals surface area contributed by atoms with E-state index in [1.807, 2.05) is 48.5 Å². The molecule has 1 aromatic heterocycles. The van der Waals surface area contributed by atoms with Crippen molar-refractivity contribution in [1.82, 2.24) is 9.88 Å². The number of likely N-dealkylation sites (N-methyl/N-ethyl adjacent to an activating group) is 1. The number of carboxylic acid groups (broad SMARTS) is 1. The van der Waals surface area contributed by atoms with Crippen molar-refractivity contribution in [1.29, 1.82) is 0 Å². The molecule has 7 heteroatoms. The average molecular weight is 458 g/mol. The first kappa shape index (κ1) is 21.7. The van der Waals surface area contributed by atoms with Gasteiger partial charge in [-0.05, 0) is 46.0 Å². The van der Waals surface area contributed by atoms with E-state index in [9.17, 15) is 19.1 Å². The fourth-order valence-corrected chi connectivity index (χ4v) is 4.74. The number of carbonyl (C=O) groups excluding carboxylic acids is 1. The Bertz CT molecular complexity index is 1350. The number of rotatable bonds is 6. The molecule has 1 aliphatic carbocycles. The second kappa shape index (κ2) is 8.67. The molecule has 0 bridgehead atoms. The van der Waals surface area contributed by atoms with E-state index in [1.54, 1.807) is 12.3 Å². The van der Waals surface area contributed by atoms with Gasteiger partial charge in [0.05, 0.1) is 0 Å². The summed E-state index contributed by atoms with van der Waals surface area (Å²) in [6.45, 7) is 0.0990. The molecule has 0 unspecified atom stereocenters. The third-order valence-corrected chi connectivity index (χ3v) is 6.52. The van der Waals surface area contributed by atoms with Crippen LogP contribution in [0.15, 0.2) is 72.9 Å². The van der Waals surface area contributed by atoms with Gasteiger partial charge in [-0.15, -0.1) is 0 Å². The van der Waals surface area contributed by atoms with Gasteiger partial charge in [-0.25, -0.2) is 14.0 Å². The Hall–Kier alpha value is -4.13. The third-order valence-electron chi connectivity index (χ3n) is 6.52. The fourth-order valence-electron chi connectivity index (χ4n) is 4.74. The topological polar surface area (TPSA) is 82.6 Å². The Morgan fingerprint density at radius 2 is 1.71 bits per heavy atom. The van der Waals surface area contributed by atoms with E-state index >= 15 is 0 Å². The molecule has 2 N–H and O–H groups in total. The van der Waals surface area contributed by atoms with Crippen molar-refractivity contribution < 1.29 is 23.8 Å². The lowest BCUT2D eigenvalue weighted by Gasteiger charge is -2.25. The molecule has 0 fully saturated rings. The first-order valence-electron chi connectivity index (χ1n) is 11.0. The molecule has 0 radical (unpaired) electrons.